The maximum atomic E-state index is 4.29. The standard InChI is InChI=1S/C11H13N5/c1-2-10(1)13-5-9-6-14-11(15-7-9)16-4-3-12-8-16/h3-4,6-8,10,13H,1-2,5H2. The molecule has 0 bridgehead atoms. The van der Waals surface area contributed by atoms with Gasteiger partial charge in [0.15, 0.2) is 0 Å². The largest absolute Gasteiger partial charge is 0.310 e. The second-order valence-corrected chi connectivity index (χ2v) is 4.02. The third-order valence-corrected chi connectivity index (χ3v) is 2.60. The van der Waals surface area contributed by atoms with E-state index in [9.17, 15) is 0 Å². The molecule has 2 heterocycles. The van der Waals surface area contributed by atoms with Crippen LogP contribution >= 0.6 is 0 Å². The van der Waals surface area contributed by atoms with Gasteiger partial charge >= 0.3 is 0 Å². The Hall–Kier alpha value is -1.75. The first kappa shape index (κ1) is 9.47. The quantitative estimate of drug-likeness (QED) is 0.823. The molecule has 1 aliphatic rings. The highest BCUT2D eigenvalue weighted by Crippen LogP contribution is 2.19. The minimum atomic E-state index is 0.660. The summed E-state index contributed by atoms with van der Waals surface area (Å²) in [5.74, 6) is 0.660. The first-order valence-electron chi connectivity index (χ1n) is 5.44. The van der Waals surface area contributed by atoms with E-state index >= 15 is 0 Å². The van der Waals surface area contributed by atoms with Crippen LogP contribution in [0.2, 0.25) is 0 Å². The van der Waals surface area contributed by atoms with Gasteiger partial charge in [0.2, 0.25) is 5.95 Å². The van der Waals surface area contributed by atoms with Crippen molar-refractivity contribution in [3.05, 3.63) is 36.7 Å². The van der Waals surface area contributed by atoms with Crippen LogP contribution in [0.4, 0.5) is 0 Å². The Kier molecular flexibility index (Phi) is 2.38. The lowest BCUT2D eigenvalue weighted by molar-refractivity contribution is 0.682. The first-order chi connectivity index (χ1) is 7.92. The van der Waals surface area contributed by atoms with E-state index in [-0.39, 0.29) is 0 Å². The van der Waals surface area contributed by atoms with Gasteiger partial charge in [0.1, 0.15) is 6.33 Å². The summed E-state index contributed by atoms with van der Waals surface area (Å²) in [6, 6.07) is 0.716. The fourth-order valence-corrected chi connectivity index (χ4v) is 1.50. The van der Waals surface area contributed by atoms with Gasteiger partial charge in [-0.1, -0.05) is 0 Å². The Balaban J connectivity index is 1.69. The summed E-state index contributed by atoms with van der Waals surface area (Å²) in [6.45, 7) is 0.856. The molecule has 2 aromatic rings. The predicted molar refractivity (Wildman–Crippen MR) is 59.0 cm³/mol. The Morgan fingerprint density at radius 3 is 2.75 bits per heavy atom. The maximum absolute atomic E-state index is 4.29. The Bertz CT molecular complexity index is 444. The zero-order valence-electron chi connectivity index (χ0n) is 8.87. The lowest BCUT2D eigenvalue weighted by atomic mass is 10.3. The average Bonchev–Trinajstić information content (AvgIpc) is 3.00. The molecule has 0 aromatic carbocycles. The Morgan fingerprint density at radius 2 is 2.12 bits per heavy atom. The molecule has 0 unspecified atom stereocenters. The highest BCUT2D eigenvalue weighted by molar-refractivity contribution is 5.14. The van der Waals surface area contributed by atoms with Gasteiger partial charge in [-0.2, -0.15) is 0 Å². The number of imidazole rings is 1. The molecule has 3 rings (SSSR count). The first-order valence-corrected chi connectivity index (χ1v) is 5.44. The van der Waals surface area contributed by atoms with E-state index in [1.165, 1.54) is 12.8 Å². The van der Waals surface area contributed by atoms with Crippen molar-refractivity contribution in [2.75, 3.05) is 0 Å². The minimum absolute atomic E-state index is 0.660. The Labute approximate surface area is 93.6 Å². The molecular weight excluding hydrogens is 202 g/mol. The molecule has 1 aliphatic carbocycles. The zero-order chi connectivity index (χ0) is 10.8. The van der Waals surface area contributed by atoms with Crippen molar-refractivity contribution in [3.8, 4) is 5.95 Å². The average molecular weight is 215 g/mol. The van der Waals surface area contributed by atoms with E-state index in [4.69, 9.17) is 0 Å². The Morgan fingerprint density at radius 1 is 1.31 bits per heavy atom. The van der Waals surface area contributed by atoms with Crippen LogP contribution in [-0.2, 0) is 6.54 Å². The van der Waals surface area contributed by atoms with Crippen LogP contribution in [0, 0.1) is 0 Å². The van der Waals surface area contributed by atoms with E-state index in [2.05, 4.69) is 20.3 Å². The number of nitrogens with one attached hydrogen (secondary N) is 1. The van der Waals surface area contributed by atoms with Gasteiger partial charge < -0.3 is 5.32 Å². The van der Waals surface area contributed by atoms with Gasteiger partial charge in [0, 0.05) is 42.9 Å². The third-order valence-electron chi connectivity index (χ3n) is 2.60. The molecule has 5 nitrogen and oxygen atoms in total. The number of hydrogen-bond acceptors (Lipinski definition) is 4. The molecule has 0 spiro atoms. The molecule has 5 heteroatoms. The number of rotatable bonds is 4. The van der Waals surface area contributed by atoms with E-state index in [1.54, 1.807) is 17.1 Å². The summed E-state index contributed by atoms with van der Waals surface area (Å²) in [7, 11) is 0. The second kappa shape index (κ2) is 4.02. The van der Waals surface area contributed by atoms with Crippen molar-refractivity contribution >= 4 is 0 Å². The van der Waals surface area contributed by atoms with Crippen LogP contribution in [0.1, 0.15) is 18.4 Å². The van der Waals surface area contributed by atoms with Crippen molar-refractivity contribution in [1.82, 2.24) is 24.8 Å². The van der Waals surface area contributed by atoms with Gasteiger partial charge in [0.05, 0.1) is 0 Å². The molecule has 1 fully saturated rings. The third kappa shape index (κ3) is 2.09. The van der Waals surface area contributed by atoms with Gasteiger partial charge in [-0.15, -0.1) is 0 Å². The molecule has 1 saturated carbocycles. The van der Waals surface area contributed by atoms with E-state index in [1.807, 2.05) is 18.6 Å². The summed E-state index contributed by atoms with van der Waals surface area (Å²) in [5.41, 5.74) is 1.12. The highest BCUT2D eigenvalue weighted by atomic mass is 15.2. The highest BCUT2D eigenvalue weighted by Gasteiger charge is 2.19. The van der Waals surface area contributed by atoms with Gasteiger partial charge in [-0.25, -0.2) is 15.0 Å². The van der Waals surface area contributed by atoms with Crippen LogP contribution < -0.4 is 5.32 Å². The van der Waals surface area contributed by atoms with Gasteiger partial charge in [0.25, 0.3) is 0 Å². The van der Waals surface area contributed by atoms with Crippen molar-refractivity contribution in [2.24, 2.45) is 0 Å². The van der Waals surface area contributed by atoms with Crippen LogP contribution in [0.5, 0.6) is 0 Å². The molecule has 82 valence electrons. The van der Waals surface area contributed by atoms with E-state index in [0.29, 0.717) is 12.0 Å². The molecule has 16 heavy (non-hydrogen) atoms. The summed E-state index contributed by atoms with van der Waals surface area (Å²) in [6.07, 6.45) is 11.6. The van der Waals surface area contributed by atoms with Crippen LogP contribution in [-0.4, -0.2) is 25.6 Å². The SMILES string of the molecule is c1cn(-c2ncc(CNC3CC3)cn2)cn1. The predicted octanol–water partition coefficient (Wildman–Crippen LogP) is 0.914. The number of aromatic nitrogens is 4. The van der Waals surface area contributed by atoms with Crippen LogP contribution in [0.15, 0.2) is 31.1 Å². The van der Waals surface area contributed by atoms with E-state index in [0.717, 1.165) is 12.1 Å². The van der Waals surface area contributed by atoms with E-state index < -0.39 is 0 Å². The lowest BCUT2D eigenvalue weighted by Crippen LogP contribution is -2.15. The minimum Gasteiger partial charge on any atom is -0.310 e. The monoisotopic (exact) mass is 215 g/mol. The molecule has 0 amide bonds. The number of nitrogens with zero attached hydrogens (tertiary/aromatic N) is 4. The van der Waals surface area contributed by atoms with Crippen molar-refractivity contribution in [2.45, 2.75) is 25.4 Å². The second-order valence-electron chi connectivity index (χ2n) is 4.02. The molecule has 0 atom stereocenters. The van der Waals surface area contributed by atoms with Crippen LogP contribution in [0.3, 0.4) is 0 Å². The fraction of sp³-hybridized carbons (Fsp3) is 0.364. The van der Waals surface area contributed by atoms with Crippen molar-refractivity contribution in [3.63, 3.8) is 0 Å². The summed E-state index contributed by atoms with van der Waals surface area (Å²) < 4.78 is 1.79. The topological polar surface area (TPSA) is 55.6 Å². The summed E-state index contributed by atoms with van der Waals surface area (Å²) in [5, 5.41) is 3.43. The molecule has 0 saturated heterocycles. The lowest BCUT2D eigenvalue weighted by Gasteiger charge is -2.03. The summed E-state index contributed by atoms with van der Waals surface area (Å²) in [4.78, 5) is 12.5. The molecule has 0 aliphatic heterocycles. The van der Waals surface area contributed by atoms with Crippen LogP contribution in [0.25, 0.3) is 5.95 Å². The summed E-state index contributed by atoms with van der Waals surface area (Å²) >= 11 is 0. The zero-order valence-corrected chi connectivity index (χ0v) is 8.87. The molecule has 0 radical (unpaired) electrons. The van der Waals surface area contributed by atoms with Crippen molar-refractivity contribution < 1.29 is 0 Å². The fourth-order valence-electron chi connectivity index (χ4n) is 1.50. The molecule has 1 N–H and O–H groups in total. The molecular formula is C11H13N5. The normalized spacial score (nSPS) is 15.2. The van der Waals surface area contributed by atoms with Crippen molar-refractivity contribution in [1.29, 1.82) is 0 Å². The smallest absolute Gasteiger partial charge is 0.234 e. The van der Waals surface area contributed by atoms with Gasteiger partial charge in [-0.3, -0.25) is 4.57 Å². The number of hydrogen-bond donors (Lipinski definition) is 1. The maximum Gasteiger partial charge on any atom is 0.234 e. The van der Waals surface area contributed by atoms with Gasteiger partial charge in [-0.05, 0) is 12.8 Å². The molecule has 2 aromatic heterocycles.